The summed E-state index contributed by atoms with van der Waals surface area (Å²) in [4.78, 5) is 22.3. The molecule has 0 unspecified atom stereocenters. The molecule has 1 atom stereocenters. The van der Waals surface area contributed by atoms with Crippen LogP contribution in [0.2, 0.25) is 0 Å². The number of carboxylic acid groups (broad SMARTS) is 1. The molecule has 142 valence electrons. The average Bonchev–Trinajstić information content (AvgIpc) is 2.60. The van der Waals surface area contributed by atoms with Crippen LogP contribution in [0.3, 0.4) is 0 Å². The Bertz CT molecular complexity index is 682. The molecule has 1 saturated heterocycles. The van der Waals surface area contributed by atoms with Gasteiger partial charge >= 0.3 is 11.9 Å². The quantitative estimate of drug-likeness (QED) is 0.478. The van der Waals surface area contributed by atoms with E-state index in [1.807, 2.05) is 0 Å². The van der Waals surface area contributed by atoms with Crippen LogP contribution >= 0.6 is 0 Å². The Kier molecular flexibility index (Phi) is 7.79. The van der Waals surface area contributed by atoms with E-state index in [2.05, 4.69) is 10.2 Å². The van der Waals surface area contributed by atoms with E-state index in [1.165, 1.54) is 18.9 Å². The topological polar surface area (TPSA) is 113 Å². The van der Waals surface area contributed by atoms with Crippen molar-refractivity contribution in [2.45, 2.75) is 31.5 Å². The minimum atomic E-state index is -5.19. The number of halogens is 3. The maximum atomic E-state index is 10.8. The molecule has 1 aromatic rings. The first-order valence-electron chi connectivity index (χ1n) is 7.56. The number of nitro benzene ring substituents is 1. The molecule has 26 heavy (non-hydrogen) atoms. The fourth-order valence-corrected chi connectivity index (χ4v) is 2.26. The van der Waals surface area contributed by atoms with Gasteiger partial charge in [-0.05, 0) is 18.9 Å². The molecule has 2 N–H and O–H groups in total. The molecule has 1 heterocycles. The lowest BCUT2D eigenvalue weighted by atomic mass is 10.1. The predicted molar refractivity (Wildman–Crippen MR) is 80.3 cm³/mol. The molecule has 8 nitrogen and oxygen atoms in total. The van der Waals surface area contributed by atoms with E-state index in [-0.39, 0.29) is 11.4 Å². The first kappa shape index (κ1) is 21.2. The SMILES string of the molecule is O=C([O-])C(F)(F)F.[C-]#[N+]c1c(OC[C@H]2CCCC[NH2+]2)cccc1[N+](=O)[O-]. The number of nitrogens with zero attached hydrogens (tertiary/aromatic N) is 2. The third-order valence-corrected chi connectivity index (χ3v) is 3.50. The first-order valence-corrected chi connectivity index (χ1v) is 7.56. The van der Waals surface area contributed by atoms with Gasteiger partial charge in [0, 0.05) is 12.5 Å². The van der Waals surface area contributed by atoms with Gasteiger partial charge in [-0.3, -0.25) is 10.1 Å². The molecule has 2 rings (SSSR count). The molecule has 0 aliphatic carbocycles. The molecule has 1 aromatic carbocycles. The number of nitro groups is 1. The second kappa shape index (κ2) is 9.57. The molecule has 0 bridgehead atoms. The lowest BCUT2D eigenvalue weighted by molar-refractivity contribution is -0.698. The van der Waals surface area contributed by atoms with Crippen LogP contribution < -0.4 is 15.2 Å². The van der Waals surface area contributed by atoms with Crippen LogP contribution in [0, 0.1) is 16.7 Å². The predicted octanol–water partition coefficient (Wildman–Crippen LogP) is 0.939. The van der Waals surface area contributed by atoms with Gasteiger partial charge in [0.05, 0.1) is 18.0 Å². The largest absolute Gasteiger partial charge is 0.542 e. The van der Waals surface area contributed by atoms with Crippen molar-refractivity contribution in [1.29, 1.82) is 0 Å². The van der Waals surface area contributed by atoms with E-state index in [0.29, 0.717) is 18.4 Å². The number of benzene rings is 1. The van der Waals surface area contributed by atoms with E-state index >= 15 is 0 Å². The summed E-state index contributed by atoms with van der Waals surface area (Å²) in [6.45, 7) is 8.66. The van der Waals surface area contributed by atoms with Gasteiger partial charge in [-0.1, -0.05) is 6.07 Å². The molecule has 11 heteroatoms. The number of hydrogen-bond acceptors (Lipinski definition) is 5. The smallest absolute Gasteiger partial charge is 0.430 e. The molecule has 1 fully saturated rings. The Labute approximate surface area is 146 Å². The number of carbonyl (C=O) groups is 1. The highest BCUT2D eigenvalue weighted by Gasteiger charge is 2.28. The van der Waals surface area contributed by atoms with Crippen molar-refractivity contribution in [2.24, 2.45) is 0 Å². The normalized spacial score (nSPS) is 16.6. The Hall–Kier alpha value is -2.87. The fourth-order valence-electron chi connectivity index (χ4n) is 2.26. The number of alkyl halides is 3. The molecule has 1 aliphatic rings. The van der Waals surface area contributed by atoms with Crippen molar-refractivity contribution < 1.29 is 38.0 Å². The van der Waals surface area contributed by atoms with E-state index < -0.39 is 17.1 Å². The summed E-state index contributed by atoms with van der Waals surface area (Å²) in [6, 6.07) is 4.87. The average molecular weight is 375 g/mol. The zero-order valence-electron chi connectivity index (χ0n) is 13.5. The van der Waals surface area contributed by atoms with Gasteiger partial charge in [0.25, 0.3) is 5.69 Å². The molecule has 1 aliphatic heterocycles. The number of carboxylic acids is 1. The first-order chi connectivity index (χ1) is 12.2. The van der Waals surface area contributed by atoms with Gasteiger partial charge < -0.3 is 20.0 Å². The summed E-state index contributed by atoms with van der Waals surface area (Å²) in [5.41, 5.74) is -0.205. The Morgan fingerprint density at radius 2 is 2.08 bits per heavy atom. The molecule has 0 spiro atoms. The van der Waals surface area contributed by atoms with Crippen LogP contribution in [0.4, 0.5) is 24.5 Å². The summed E-state index contributed by atoms with van der Waals surface area (Å²) < 4.78 is 37.2. The number of aliphatic carboxylic acids is 1. The van der Waals surface area contributed by atoms with Gasteiger partial charge in [0.1, 0.15) is 24.4 Å². The van der Waals surface area contributed by atoms with Crippen LogP contribution in [0.5, 0.6) is 5.75 Å². The second-order valence-electron chi connectivity index (χ2n) is 5.37. The molecule has 0 saturated carbocycles. The number of nitrogens with two attached hydrogens (primary N) is 1. The maximum Gasteiger partial charge on any atom is 0.430 e. The van der Waals surface area contributed by atoms with Gasteiger partial charge in [-0.15, -0.1) is 0 Å². The minimum absolute atomic E-state index is 0.0108. The Morgan fingerprint density at radius 1 is 1.42 bits per heavy atom. The standard InChI is InChI=1S/C13H15N3O3.C2HF3O2/c1-14-13-11(16(17)18)6-4-7-12(13)19-9-10-5-2-3-8-15-10;3-2(4,5)1(6)7/h4,6-7,10,15H,2-3,5,8-9H2;(H,6,7)/t10-;/m1./s1. The summed E-state index contributed by atoms with van der Waals surface area (Å²) in [6.07, 6.45) is -1.70. The lowest BCUT2D eigenvalue weighted by Crippen LogP contribution is -2.92. The van der Waals surface area contributed by atoms with Gasteiger partial charge in [0.2, 0.25) is 0 Å². The monoisotopic (exact) mass is 375 g/mol. The summed E-state index contributed by atoms with van der Waals surface area (Å²) in [7, 11) is 0. The summed E-state index contributed by atoms with van der Waals surface area (Å²) in [5.74, 6) is -2.70. The molecule has 0 radical (unpaired) electrons. The number of para-hydroxylation sites is 1. The molecule has 0 aromatic heterocycles. The number of hydrogen-bond donors (Lipinski definition) is 1. The molecular weight excluding hydrogens is 359 g/mol. The van der Waals surface area contributed by atoms with Crippen molar-refractivity contribution in [3.63, 3.8) is 0 Å². The minimum Gasteiger partial charge on any atom is -0.542 e. The van der Waals surface area contributed by atoms with Gasteiger partial charge in [-0.2, -0.15) is 13.2 Å². The van der Waals surface area contributed by atoms with Crippen LogP contribution in [-0.4, -0.2) is 36.3 Å². The van der Waals surface area contributed by atoms with Crippen LogP contribution in [0.1, 0.15) is 19.3 Å². The molecule has 0 amide bonds. The summed E-state index contributed by atoms with van der Waals surface area (Å²) >= 11 is 0. The van der Waals surface area contributed by atoms with Crippen LogP contribution in [0.15, 0.2) is 18.2 Å². The van der Waals surface area contributed by atoms with Crippen molar-refractivity contribution in [3.05, 3.63) is 39.7 Å². The van der Waals surface area contributed by atoms with E-state index in [9.17, 15) is 23.3 Å². The number of ether oxygens (including phenoxy) is 1. The van der Waals surface area contributed by atoms with Crippen LogP contribution in [-0.2, 0) is 4.79 Å². The zero-order chi connectivity index (χ0) is 19.7. The lowest BCUT2D eigenvalue weighted by Gasteiger charge is -2.20. The number of quaternary nitrogens is 1. The van der Waals surface area contributed by atoms with Crippen molar-refractivity contribution in [3.8, 4) is 5.75 Å². The maximum absolute atomic E-state index is 10.8. The second-order valence-corrected chi connectivity index (χ2v) is 5.37. The highest BCUT2D eigenvalue weighted by Crippen LogP contribution is 2.36. The highest BCUT2D eigenvalue weighted by atomic mass is 19.4. The summed E-state index contributed by atoms with van der Waals surface area (Å²) in [5, 5.41) is 21.9. The number of rotatable bonds is 4. The van der Waals surface area contributed by atoms with E-state index in [4.69, 9.17) is 21.2 Å². The van der Waals surface area contributed by atoms with Gasteiger partial charge in [-0.25, -0.2) is 4.85 Å². The third kappa shape index (κ3) is 6.56. The Morgan fingerprint density at radius 3 is 2.54 bits per heavy atom. The Balaban J connectivity index is 0.000000412. The number of piperidine rings is 1. The van der Waals surface area contributed by atoms with Crippen LogP contribution in [0.25, 0.3) is 4.85 Å². The number of carbonyl (C=O) groups excluding carboxylic acids is 1. The van der Waals surface area contributed by atoms with Crippen molar-refractivity contribution in [2.75, 3.05) is 13.2 Å². The highest BCUT2D eigenvalue weighted by molar-refractivity contribution is 5.71. The van der Waals surface area contributed by atoms with E-state index in [1.54, 1.807) is 12.1 Å². The third-order valence-electron chi connectivity index (χ3n) is 3.50. The van der Waals surface area contributed by atoms with E-state index in [0.717, 1.165) is 13.0 Å². The zero-order valence-corrected chi connectivity index (χ0v) is 13.5. The van der Waals surface area contributed by atoms with Crippen molar-refractivity contribution >= 4 is 17.3 Å². The van der Waals surface area contributed by atoms with Gasteiger partial charge in [0.15, 0.2) is 0 Å². The fraction of sp³-hybridized carbons (Fsp3) is 0.467. The molecular formula is C15H16F3N3O5. The van der Waals surface area contributed by atoms with Crippen molar-refractivity contribution in [1.82, 2.24) is 0 Å².